The fourth-order valence-electron chi connectivity index (χ4n) is 3.13. The van der Waals surface area contributed by atoms with Crippen LogP contribution in [-0.4, -0.2) is 33.9 Å². The lowest BCUT2D eigenvalue weighted by Gasteiger charge is -2.21. The molecule has 0 aliphatic carbocycles. The number of nitrogens with one attached hydrogen (secondary N) is 1. The lowest BCUT2D eigenvalue weighted by atomic mass is 10.1. The van der Waals surface area contributed by atoms with Crippen LogP contribution in [0.2, 0.25) is 0 Å². The Hall–Kier alpha value is -3.09. The van der Waals surface area contributed by atoms with Crippen LogP contribution in [0.5, 0.6) is 11.5 Å². The highest BCUT2D eigenvalue weighted by Gasteiger charge is 2.17. The first-order chi connectivity index (χ1) is 13.0. The summed E-state index contributed by atoms with van der Waals surface area (Å²) in [5, 5.41) is 8.20. The zero-order valence-electron chi connectivity index (χ0n) is 15.6. The van der Waals surface area contributed by atoms with E-state index < -0.39 is 0 Å². The van der Waals surface area contributed by atoms with E-state index >= 15 is 0 Å². The number of carbonyl (C=O) groups is 1. The van der Waals surface area contributed by atoms with Gasteiger partial charge in [-0.1, -0.05) is 6.07 Å². The predicted molar refractivity (Wildman–Crippen MR) is 101 cm³/mol. The fourth-order valence-corrected chi connectivity index (χ4v) is 3.13. The first kappa shape index (κ1) is 17.3. The molecule has 7 heteroatoms. The first-order valence-corrected chi connectivity index (χ1v) is 9.06. The average molecular weight is 366 g/mol. The minimum atomic E-state index is -0.178. The van der Waals surface area contributed by atoms with Crippen LogP contribution in [0.15, 0.2) is 36.7 Å². The molecule has 2 aromatic heterocycles. The van der Waals surface area contributed by atoms with E-state index in [2.05, 4.69) is 15.4 Å². The summed E-state index contributed by atoms with van der Waals surface area (Å²) in [6, 6.07) is 7.58. The van der Waals surface area contributed by atoms with Crippen LogP contribution in [0.25, 0.3) is 11.0 Å². The molecule has 1 amide bonds. The molecule has 1 aliphatic rings. The zero-order chi connectivity index (χ0) is 19.0. The van der Waals surface area contributed by atoms with E-state index in [1.165, 1.54) is 0 Å². The molecule has 0 saturated heterocycles. The normalized spacial score (nSPS) is 14.4. The summed E-state index contributed by atoms with van der Waals surface area (Å²) < 4.78 is 13.0. The standard InChI is InChI=1S/C20H22N4O3/c1-12(2)24-19-15(11-22-24)8-16(10-21-19)20(25)23-13(3)14-4-5-17-18(9-14)27-7-6-26-17/h4-5,8-13H,6-7H2,1-3H3,(H,23,25)/t13-/m0/s1. The van der Waals surface area contributed by atoms with Crippen molar-refractivity contribution in [3.8, 4) is 11.5 Å². The molecule has 0 saturated carbocycles. The molecule has 0 radical (unpaired) electrons. The number of aromatic nitrogens is 3. The van der Waals surface area contributed by atoms with Crippen LogP contribution in [0.3, 0.4) is 0 Å². The van der Waals surface area contributed by atoms with Gasteiger partial charge in [0.05, 0.1) is 17.8 Å². The van der Waals surface area contributed by atoms with Crippen molar-refractivity contribution in [3.05, 3.63) is 47.8 Å². The van der Waals surface area contributed by atoms with Crippen molar-refractivity contribution in [2.24, 2.45) is 0 Å². The molecule has 3 heterocycles. The number of nitrogens with zero attached hydrogens (tertiary/aromatic N) is 3. The monoisotopic (exact) mass is 366 g/mol. The Morgan fingerprint density at radius 2 is 1.89 bits per heavy atom. The molecule has 1 aromatic carbocycles. The summed E-state index contributed by atoms with van der Waals surface area (Å²) in [5.41, 5.74) is 2.24. The van der Waals surface area contributed by atoms with Gasteiger partial charge in [-0.2, -0.15) is 5.10 Å². The Morgan fingerprint density at radius 1 is 1.11 bits per heavy atom. The fraction of sp³-hybridized carbons (Fsp3) is 0.350. The molecule has 0 fully saturated rings. The van der Waals surface area contributed by atoms with Gasteiger partial charge in [-0.15, -0.1) is 0 Å². The first-order valence-electron chi connectivity index (χ1n) is 9.06. The van der Waals surface area contributed by atoms with Crippen molar-refractivity contribution in [2.75, 3.05) is 13.2 Å². The molecule has 4 rings (SSSR count). The van der Waals surface area contributed by atoms with Crippen LogP contribution in [0, 0.1) is 0 Å². The summed E-state index contributed by atoms with van der Waals surface area (Å²) >= 11 is 0. The van der Waals surface area contributed by atoms with E-state index in [0.717, 1.165) is 22.3 Å². The Labute approximate surface area is 157 Å². The number of ether oxygens (including phenoxy) is 2. The van der Waals surface area contributed by atoms with E-state index in [1.807, 2.05) is 49.7 Å². The highest BCUT2D eigenvalue weighted by Crippen LogP contribution is 2.32. The van der Waals surface area contributed by atoms with Gasteiger partial charge in [0.1, 0.15) is 13.2 Å². The van der Waals surface area contributed by atoms with Gasteiger partial charge < -0.3 is 14.8 Å². The topological polar surface area (TPSA) is 78.3 Å². The number of hydrogen-bond donors (Lipinski definition) is 1. The van der Waals surface area contributed by atoms with E-state index in [4.69, 9.17) is 9.47 Å². The van der Waals surface area contributed by atoms with Gasteiger partial charge >= 0.3 is 0 Å². The second kappa shape index (κ2) is 6.90. The largest absolute Gasteiger partial charge is 0.486 e. The molecule has 0 spiro atoms. The van der Waals surface area contributed by atoms with Gasteiger partial charge in [-0.3, -0.25) is 4.79 Å². The maximum atomic E-state index is 12.7. The summed E-state index contributed by atoms with van der Waals surface area (Å²) in [4.78, 5) is 17.1. The van der Waals surface area contributed by atoms with Crippen LogP contribution in [0.1, 0.15) is 48.8 Å². The summed E-state index contributed by atoms with van der Waals surface area (Å²) in [6.45, 7) is 7.12. The van der Waals surface area contributed by atoms with Crippen molar-refractivity contribution < 1.29 is 14.3 Å². The lowest BCUT2D eigenvalue weighted by molar-refractivity contribution is 0.0939. The molecule has 27 heavy (non-hydrogen) atoms. The maximum Gasteiger partial charge on any atom is 0.253 e. The minimum absolute atomic E-state index is 0.177. The van der Waals surface area contributed by atoms with Gasteiger partial charge in [-0.05, 0) is 44.5 Å². The van der Waals surface area contributed by atoms with Crippen molar-refractivity contribution in [3.63, 3.8) is 0 Å². The van der Waals surface area contributed by atoms with Crippen LogP contribution in [0.4, 0.5) is 0 Å². The number of rotatable bonds is 4. The Kier molecular flexibility index (Phi) is 4.43. The zero-order valence-corrected chi connectivity index (χ0v) is 15.6. The molecule has 0 bridgehead atoms. The predicted octanol–water partition coefficient (Wildman–Crippen LogP) is 3.27. The van der Waals surface area contributed by atoms with Gasteiger partial charge in [0, 0.05) is 17.6 Å². The van der Waals surface area contributed by atoms with Gasteiger partial charge in [0.25, 0.3) is 5.91 Å². The van der Waals surface area contributed by atoms with Crippen molar-refractivity contribution >= 4 is 16.9 Å². The van der Waals surface area contributed by atoms with Crippen LogP contribution in [-0.2, 0) is 0 Å². The van der Waals surface area contributed by atoms with E-state index in [9.17, 15) is 4.79 Å². The summed E-state index contributed by atoms with van der Waals surface area (Å²) in [6.07, 6.45) is 3.33. The van der Waals surface area contributed by atoms with Crippen molar-refractivity contribution in [1.29, 1.82) is 0 Å². The molecule has 1 N–H and O–H groups in total. The second-order valence-corrected chi connectivity index (χ2v) is 6.92. The van der Waals surface area contributed by atoms with Gasteiger partial charge in [0.15, 0.2) is 17.1 Å². The SMILES string of the molecule is CC(C)n1ncc2cc(C(=O)N[C@@H](C)c3ccc4c(c3)OCCO4)cnc21. The lowest BCUT2D eigenvalue weighted by Crippen LogP contribution is -2.27. The second-order valence-electron chi connectivity index (χ2n) is 6.92. The number of benzene rings is 1. The quantitative estimate of drug-likeness (QED) is 0.767. The maximum absolute atomic E-state index is 12.7. The van der Waals surface area contributed by atoms with Gasteiger partial charge in [0.2, 0.25) is 0 Å². The highest BCUT2D eigenvalue weighted by molar-refractivity contribution is 5.97. The third kappa shape index (κ3) is 3.32. The van der Waals surface area contributed by atoms with Gasteiger partial charge in [-0.25, -0.2) is 9.67 Å². The molecular formula is C20H22N4O3. The average Bonchev–Trinajstić information content (AvgIpc) is 3.11. The van der Waals surface area contributed by atoms with E-state index in [0.29, 0.717) is 24.5 Å². The molecule has 0 unspecified atom stereocenters. The third-order valence-electron chi connectivity index (χ3n) is 4.60. The number of fused-ring (bicyclic) bond motifs is 2. The number of amides is 1. The highest BCUT2D eigenvalue weighted by atomic mass is 16.6. The smallest absolute Gasteiger partial charge is 0.253 e. The molecule has 1 atom stereocenters. The van der Waals surface area contributed by atoms with Crippen LogP contribution >= 0.6 is 0 Å². The molecule has 7 nitrogen and oxygen atoms in total. The number of hydrogen-bond acceptors (Lipinski definition) is 5. The van der Waals surface area contributed by atoms with E-state index in [-0.39, 0.29) is 18.0 Å². The number of carbonyl (C=O) groups excluding carboxylic acids is 1. The van der Waals surface area contributed by atoms with Crippen LogP contribution < -0.4 is 14.8 Å². The Bertz CT molecular complexity index is 996. The molecule has 3 aromatic rings. The number of pyridine rings is 1. The minimum Gasteiger partial charge on any atom is -0.486 e. The Balaban J connectivity index is 1.52. The summed E-state index contributed by atoms with van der Waals surface area (Å²) in [5.74, 6) is 1.27. The molecule has 140 valence electrons. The van der Waals surface area contributed by atoms with Crippen molar-refractivity contribution in [1.82, 2.24) is 20.1 Å². The van der Waals surface area contributed by atoms with Crippen molar-refractivity contribution in [2.45, 2.75) is 32.9 Å². The Morgan fingerprint density at radius 3 is 2.67 bits per heavy atom. The molecular weight excluding hydrogens is 344 g/mol. The summed E-state index contributed by atoms with van der Waals surface area (Å²) in [7, 11) is 0. The third-order valence-corrected chi connectivity index (χ3v) is 4.60. The molecule has 1 aliphatic heterocycles. The van der Waals surface area contributed by atoms with E-state index in [1.54, 1.807) is 12.4 Å².